The molecule has 4 rings (SSSR count). The van der Waals surface area contributed by atoms with Gasteiger partial charge in [-0.05, 0) is 53.6 Å². The Hall–Kier alpha value is -3.37. The highest BCUT2D eigenvalue weighted by Crippen LogP contribution is 2.22. The quantitative estimate of drug-likeness (QED) is 0.441. The van der Waals surface area contributed by atoms with E-state index < -0.39 is 5.97 Å². The average molecular weight is 390 g/mol. The van der Waals surface area contributed by atoms with Gasteiger partial charge in [-0.1, -0.05) is 54.1 Å². The molecule has 138 valence electrons. The molecule has 0 spiro atoms. The van der Waals surface area contributed by atoms with Crippen molar-refractivity contribution in [2.75, 3.05) is 0 Å². The fraction of sp³-hybridized carbons (Fsp3) is 0.0435. The van der Waals surface area contributed by atoms with Crippen molar-refractivity contribution in [3.05, 3.63) is 106 Å². The number of nitrogens with zero attached hydrogens (tertiary/aromatic N) is 1. The summed E-state index contributed by atoms with van der Waals surface area (Å²) in [5, 5.41) is 0.673. The second-order valence-corrected chi connectivity index (χ2v) is 6.63. The molecule has 0 fully saturated rings. The van der Waals surface area contributed by atoms with E-state index >= 15 is 0 Å². The van der Waals surface area contributed by atoms with Crippen LogP contribution in [0.25, 0.3) is 6.08 Å². The zero-order valence-corrected chi connectivity index (χ0v) is 15.6. The maximum Gasteiger partial charge on any atom is 0.363 e. The molecule has 0 saturated heterocycles. The molecule has 0 atom stereocenters. The van der Waals surface area contributed by atoms with E-state index in [-0.39, 0.29) is 5.70 Å². The van der Waals surface area contributed by atoms with Crippen LogP contribution in [-0.4, -0.2) is 11.9 Å². The first kappa shape index (κ1) is 18.0. The maximum atomic E-state index is 12.1. The van der Waals surface area contributed by atoms with E-state index in [0.29, 0.717) is 23.3 Å². The highest BCUT2D eigenvalue weighted by atomic mass is 35.5. The first-order valence-corrected chi connectivity index (χ1v) is 9.10. The number of esters is 1. The molecule has 3 aromatic rings. The summed E-state index contributed by atoms with van der Waals surface area (Å²) in [5.74, 6) is 0.530. The van der Waals surface area contributed by atoms with Crippen LogP contribution in [0.5, 0.6) is 5.75 Å². The standard InChI is InChI=1S/C23H16ClNO3/c24-19-10-4-7-17(12-19)15-27-20-11-5-6-16(13-20)14-21-23(26)28-22(25-21)18-8-2-1-3-9-18/h1-14H,15H2/b21-14-. The monoisotopic (exact) mass is 389 g/mol. The Morgan fingerprint density at radius 3 is 2.61 bits per heavy atom. The van der Waals surface area contributed by atoms with Gasteiger partial charge in [-0.2, -0.15) is 0 Å². The molecule has 4 nitrogen and oxygen atoms in total. The van der Waals surface area contributed by atoms with Gasteiger partial charge in [0.25, 0.3) is 0 Å². The minimum Gasteiger partial charge on any atom is -0.489 e. The molecular formula is C23H16ClNO3. The molecule has 1 aliphatic rings. The molecule has 1 aliphatic heterocycles. The number of carbonyl (C=O) groups excluding carboxylic acids is 1. The van der Waals surface area contributed by atoms with Crippen LogP contribution in [0.3, 0.4) is 0 Å². The second kappa shape index (κ2) is 8.11. The van der Waals surface area contributed by atoms with E-state index in [1.54, 1.807) is 6.08 Å². The number of benzene rings is 3. The summed E-state index contributed by atoms with van der Waals surface area (Å²) in [4.78, 5) is 16.5. The number of cyclic esters (lactones) is 1. The van der Waals surface area contributed by atoms with Crippen LogP contribution in [0, 0.1) is 0 Å². The van der Waals surface area contributed by atoms with Gasteiger partial charge in [-0.15, -0.1) is 0 Å². The SMILES string of the molecule is O=C1OC(c2ccccc2)=N/C1=C\c1cccc(OCc2cccc(Cl)c2)c1. The third-order valence-corrected chi connectivity index (χ3v) is 4.33. The van der Waals surface area contributed by atoms with Gasteiger partial charge in [0.2, 0.25) is 5.90 Å². The number of hydrogen-bond donors (Lipinski definition) is 0. The van der Waals surface area contributed by atoms with Crippen molar-refractivity contribution in [3.63, 3.8) is 0 Å². The zero-order chi connectivity index (χ0) is 19.3. The van der Waals surface area contributed by atoms with Crippen LogP contribution < -0.4 is 4.74 Å². The summed E-state index contributed by atoms with van der Waals surface area (Å²) >= 11 is 6.00. The lowest BCUT2D eigenvalue weighted by Crippen LogP contribution is -2.04. The number of aliphatic imine (C=N–C) groups is 1. The fourth-order valence-corrected chi connectivity index (χ4v) is 2.97. The van der Waals surface area contributed by atoms with Gasteiger partial charge in [-0.3, -0.25) is 0 Å². The Morgan fingerprint density at radius 2 is 1.79 bits per heavy atom. The smallest absolute Gasteiger partial charge is 0.363 e. The Kier molecular flexibility index (Phi) is 5.22. The largest absolute Gasteiger partial charge is 0.489 e. The lowest BCUT2D eigenvalue weighted by molar-refractivity contribution is -0.129. The molecule has 0 aromatic heterocycles. The minimum atomic E-state index is -0.468. The van der Waals surface area contributed by atoms with E-state index in [0.717, 1.165) is 16.7 Å². The summed E-state index contributed by atoms with van der Waals surface area (Å²) < 4.78 is 11.1. The van der Waals surface area contributed by atoms with E-state index in [2.05, 4.69) is 4.99 Å². The molecule has 0 unspecified atom stereocenters. The van der Waals surface area contributed by atoms with Crippen molar-refractivity contribution in [1.29, 1.82) is 0 Å². The van der Waals surface area contributed by atoms with Crippen LogP contribution >= 0.6 is 11.6 Å². The van der Waals surface area contributed by atoms with Crippen LogP contribution in [0.15, 0.2) is 89.6 Å². The molecule has 28 heavy (non-hydrogen) atoms. The van der Waals surface area contributed by atoms with Crippen molar-refractivity contribution in [1.82, 2.24) is 0 Å². The average Bonchev–Trinajstić information content (AvgIpc) is 3.08. The lowest BCUT2D eigenvalue weighted by Gasteiger charge is -2.07. The first-order valence-electron chi connectivity index (χ1n) is 8.73. The molecule has 3 aromatic carbocycles. The summed E-state index contributed by atoms with van der Waals surface area (Å²) in [6, 6.07) is 24.3. The Morgan fingerprint density at radius 1 is 0.964 bits per heavy atom. The topological polar surface area (TPSA) is 47.9 Å². The van der Waals surface area contributed by atoms with Crippen molar-refractivity contribution in [2.45, 2.75) is 6.61 Å². The molecule has 0 saturated carbocycles. The Bertz CT molecular complexity index is 1070. The number of hydrogen-bond acceptors (Lipinski definition) is 4. The molecule has 1 heterocycles. The van der Waals surface area contributed by atoms with Gasteiger partial charge < -0.3 is 9.47 Å². The van der Waals surface area contributed by atoms with Gasteiger partial charge in [0.15, 0.2) is 5.70 Å². The Balaban J connectivity index is 1.51. The zero-order valence-electron chi connectivity index (χ0n) is 14.8. The summed E-state index contributed by atoms with van der Waals surface area (Å²) in [6.07, 6.45) is 1.69. The van der Waals surface area contributed by atoms with Crippen LogP contribution in [-0.2, 0) is 16.1 Å². The Labute approximate surface area is 167 Å². The van der Waals surface area contributed by atoms with Gasteiger partial charge in [0.1, 0.15) is 12.4 Å². The van der Waals surface area contributed by atoms with Crippen LogP contribution in [0.1, 0.15) is 16.7 Å². The van der Waals surface area contributed by atoms with E-state index in [1.165, 1.54) is 0 Å². The highest BCUT2D eigenvalue weighted by molar-refractivity contribution is 6.30. The van der Waals surface area contributed by atoms with Crippen molar-refractivity contribution < 1.29 is 14.3 Å². The third kappa shape index (κ3) is 4.30. The number of ether oxygens (including phenoxy) is 2. The van der Waals surface area contributed by atoms with Crippen LogP contribution in [0.4, 0.5) is 0 Å². The predicted octanol–water partition coefficient (Wildman–Crippen LogP) is 5.26. The van der Waals surface area contributed by atoms with Gasteiger partial charge in [-0.25, -0.2) is 9.79 Å². The van der Waals surface area contributed by atoms with Gasteiger partial charge >= 0.3 is 5.97 Å². The van der Waals surface area contributed by atoms with E-state index in [9.17, 15) is 4.79 Å². The predicted molar refractivity (Wildman–Crippen MR) is 109 cm³/mol. The van der Waals surface area contributed by atoms with Crippen molar-refractivity contribution in [2.24, 2.45) is 4.99 Å². The highest BCUT2D eigenvalue weighted by Gasteiger charge is 2.23. The van der Waals surface area contributed by atoms with Gasteiger partial charge in [0.05, 0.1) is 0 Å². The molecule has 0 radical (unpaired) electrons. The summed E-state index contributed by atoms with van der Waals surface area (Å²) in [5.41, 5.74) is 2.80. The lowest BCUT2D eigenvalue weighted by atomic mass is 10.2. The van der Waals surface area contributed by atoms with E-state index in [4.69, 9.17) is 21.1 Å². The number of carbonyl (C=O) groups is 1. The summed E-state index contributed by atoms with van der Waals surface area (Å²) in [6.45, 7) is 0.402. The molecule has 0 amide bonds. The minimum absolute atomic E-state index is 0.255. The van der Waals surface area contributed by atoms with Gasteiger partial charge in [0, 0.05) is 10.6 Å². The number of rotatable bonds is 5. The third-order valence-electron chi connectivity index (χ3n) is 4.10. The molecule has 5 heteroatoms. The molecule has 0 bridgehead atoms. The van der Waals surface area contributed by atoms with Crippen LogP contribution in [0.2, 0.25) is 5.02 Å². The fourth-order valence-electron chi connectivity index (χ4n) is 2.76. The first-order chi connectivity index (χ1) is 13.7. The molecule has 0 aliphatic carbocycles. The van der Waals surface area contributed by atoms with Crippen molar-refractivity contribution in [3.8, 4) is 5.75 Å². The summed E-state index contributed by atoms with van der Waals surface area (Å²) in [7, 11) is 0. The molecule has 0 N–H and O–H groups in total. The maximum absolute atomic E-state index is 12.1. The van der Waals surface area contributed by atoms with E-state index in [1.807, 2.05) is 78.9 Å². The normalized spacial score (nSPS) is 14.7. The molecular weight excluding hydrogens is 374 g/mol. The van der Waals surface area contributed by atoms with Crippen molar-refractivity contribution >= 4 is 29.5 Å². The number of halogens is 1. The second-order valence-electron chi connectivity index (χ2n) is 6.19.